The van der Waals surface area contributed by atoms with Gasteiger partial charge in [0, 0.05) is 4.47 Å². The van der Waals surface area contributed by atoms with Crippen LogP contribution in [0, 0.1) is 5.92 Å². The molecule has 0 aliphatic heterocycles. The number of hydrogen-bond acceptors (Lipinski definition) is 1. The van der Waals surface area contributed by atoms with E-state index in [0.29, 0.717) is 6.42 Å². The molecule has 0 saturated carbocycles. The molecule has 70 valence electrons. The smallest absolute Gasteiger partial charge is 0.306 e. The fourth-order valence-corrected chi connectivity index (χ4v) is 1.55. The van der Waals surface area contributed by atoms with Gasteiger partial charge in [-0.1, -0.05) is 35.0 Å². The van der Waals surface area contributed by atoms with E-state index in [1.807, 2.05) is 24.3 Å². The van der Waals surface area contributed by atoms with Gasteiger partial charge in [0.1, 0.15) is 0 Å². The summed E-state index contributed by atoms with van der Waals surface area (Å²) < 4.78 is 0.989. The molecule has 0 heterocycles. The van der Waals surface area contributed by atoms with E-state index < -0.39 is 5.97 Å². The minimum atomic E-state index is -0.750. The predicted molar refractivity (Wildman–Crippen MR) is 54.6 cm³/mol. The minimum absolute atomic E-state index is 0.325. The van der Waals surface area contributed by atoms with Gasteiger partial charge in [0.15, 0.2) is 0 Å². The number of hydrogen-bond donors (Lipinski definition) is 1. The van der Waals surface area contributed by atoms with Gasteiger partial charge in [0.2, 0.25) is 0 Å². The molecule has 1 N–H and O–H groups in total. The largest absolute Gasteiger partial charge is 0.481 e. The Morgan fingerprint density at radius 3 is 2.85 bits per heavy atom. The van der Waals surface area contributed by atoms with Crippen molar-refractivity contribution in [1.82, 2.24) is 0 Å². The Bertz CT molecular complexity index is 310. The van der Waals surface area contributed by atoms with Crippen LogP contribution in [-0.4, -0.2) is 11.1 Å². The summed E-state index contributed by atoms with van der Waals surface area (Å²) in [6, 6.07) is 7.71. The SMILES string of the molecule is CC(Cc1cccc(Br)c1)C(=O)O. The zero-order chi connectivity index (χ0) is 9.84. The summed E-state index contributed by atoms with van der Waals surface area (Å²) in [5, 5.41) is 8.70. The van der Waals surface area contributed by atoms with E-state index in [9.17, 15) is 4.79 Å². The third-order valence-electron chi connectivity index (χ3n) is 1.85. The first-order chi connectivity index (χ1) is 6.09. The van der Waals surface area contributed by atoms with Gasteiger partial charge in [-0.15, -0.1) is 0 Å². The molecule has 1 aromatic rings. The van der Waals surface area contributed by atoms with Crippen LogP contribution in [0.15, 0.2) is 28.7 Å². The highest BCUT2D eigenvalue weighted by Gasteiger charge is 2.11. The van der Waals surface area contributed by atoms with E-state index in [0.717, 1.165) is 10.0 Å². The molecular formula is C10H11BrO2. The Morgan fingerprint density at radius 2 is 2.31 bits per heavy atom. The van der Waals surface area contributed by atoms with E-state index in [-0.39, 0.29) is 5.92 Å². The van der Waals surface area contributed by atoms with Crippen molar-refractivity contribution >= 4 is 21.9 Å². The molecule has 0 amide bonds. The third kappa shape index (κ3) is 3.19. The fourth-order valence-electron chi connectivity index (χ4n) is 1.10. The van der Waals surface area contributed by atoms with Crippen molar-refractivity contribution in [2.24, 2.45) is 5.92 Å². The van der Waals surface area contributed by atoms with E-state index in [1.165, 1.54) is 0 Å². The van der Waals surface area contributed by atoms with Crippen LogP contribution >= 0.6 is 15.9 Å². The van der Waals surface area contributed by atoms with Crippen molar-refractivity contribution in [2.75, 3.05) is 0 Å². The van der Waals surface area contributed by atoms with Crippen molar-refractivity contribution in [3.63, 3.8) is 0 Å². The molecule has 0 bridgehead atoms. The molecule has 2 nitrogen and oxygen atoms in total. The van der Waals surface area contributed by atoms with E-state index in [2.05, 4.69) is 15.9 Å². The van der Waals surface area contributed by atoms with Crippen molar-refractivity contribution in [3.05, 3.63) is 34.3 Å². The number of carboxylic acids is 1. The highest BCUT2D eigenvalue weighted by Crippen LogP contribution is 2.14. The van der Waals surface area contributed by atoms with Crippen LogP contribution in [0.5, 0.6) is 0 Å². The van der Waals surface area contributed by atoms with Gasteiger partial charge in [0.05, 0.1) is 5.92 Å². The molecule has 13 heavy (non-hydrogen) atoms. The first kappa shape index (κ1) is 10.3. The Balaban J connectivity index is 2.69. The van der Waals surface area contributed by atoms with Gasteiger partial charge in [-0.3, -0.25) is 4.79 Å². The summed E-state index contributed by atoms with van der Waals surface area (Å²) in [6.45, 7) is 1.71. The molecule has 1 aromatic carbocycles. The Morgan fingerprint density at radius 1 is 1.62 bits per heavy atom. The molecule has 0 aliphatic carbocycles. The van der Waals surface area contributed by atoms with E-state index in [4.69, 9.17) is 5.11 Å². The molecule has 0 fully saturated rings. The second-order valence-electron chi connectivity index (χ2n) is 3.07. The molecule has 0 spiro atoms. The molecule has 1 rings (SSSR count). The fraction of sp³-hybridized carbons (Fsp3) is 0.300. The van der Waals surface area contributed by atoms with Crippen molar-refractivity contribution in [3.8, 4) is 0 Å². The predicted octanol–water partition coefficient (Wildman–Crippen LogP) is 2.71. The number of rotatable bonds is 3. The summed E-state index contributed by atoms with van der Waals surface area (Å²) in [5.74, 6) is -1.07. The van der Waals surface area contributed by atoms with Crippen molar-refractivity contribution < 1.29 is 9.90 Å². The monoisotopic (exact) mass is 242 g/mol. The maximum atomic E-state index is 10.6. The van der Waals surface area contributed by atoms with Crippen LogP contribution in [0.25, 0.3) is 0 Å². The van der Waals surface area contributed by atoms with Crippen molar-refractivity contribution in [2.45, 2.75) is 13.3 Å². The standard InChI is InChI=1S/C10H11BrO2/c1-7(10(12)13)5-8-3-2-4-9(11)6-8/h2-4,6-7H,5H2,1H3,(H,12,13). The lowest BCUT2D eigenvalue weighted by molar-refractivity contribution is -0.141. The Kier molecular flexibility index (Phi) is 3.48. The number of halogens is 1. The second kappa shape index (κ2) is 4.42. The van der Waals surface area contributed by atoms with Crippen molar-refractivity contribution in [1.29, 1.82) is 0 Å². The van der Waals surface area contributed by atoms with Crippen LogP contribution in [-0.2, 0) is 11.2 Å². The summed E-state index contributed by atoms with van der Waals surface area (Å²) in [7, 11) is 0. The highest BCUT2D eigenvalue weighted by atomic mass is 79.9. The lowest BCUT2D eigenvalue weighted by Crippen LogP contribution is -2.12. The van der Waals surface area contributed by atoms with E-state index in [1.54, 1.807) is 6.92 Å². The van der Waals surface area contributed by atoms with Crippen LogP contribution in [0.3, 0.4) is 0 Å². The number of carboxylic acid groups (broad SMARTS) is 1. The van der Waals surface area contributed by atoms with Gasteiger partial charge in [-0.2, -0.15) is 0 Å². The maximum Gasteiger partial charge on any atom is 0.306 e. The summed E-state index contributed by atoms with van der Waals surface area (Å²) >= 11 is 3.34. The molecule has 0 aromatic heterocycles. The average molecular weight is 243 g/mol. The zero-order valence-electron chi connectivity index (χ0n) is 7.33. The second-order valence-corrected chi connectivity index (χ2v) is 3.99. The summed E-state index contributed by atoms with van der Waals surface area (Å²) in [4.78, 5) is 10.6. The number of carbonyl (C=O) groups is 1. The molecule has 0 saturated heterocycles. The van der Waals surface area contributed by atoms with Crippen LogP contribution in [0.2, 0.25) is 0 Å². The lowest BCUT2D eigenvalue weighted by atomic mass is 10.0. The number of benzene rings is 1. The zero-order valence-corrected chi connectivity index (χ0v) is 8.91. The highest BCUT2D eigenvalue weighted by molar-refractivity contribution is 9.10. The van der Waals surface area contributed by atoms with Gasteiger partial charge in [0.25, 0.3) is 0 Å². The Hall–Kier alpha value is -0.830. The van der Waals surface area contributed by atoms with Gasteiger partial charge >= 0.3 is 5.97 Å². The Labute approximate surface area is 85.7 Å². The molecule has 3 heteroatoms. The average Bonchev–Trinajstić information content (AvgIpc) is 2.04. The first-order valence-electron chi connectivity index (χ1n) is 4.07. The maximum absolute atomic E-state index is 10.6. The van der Waals surface area contributed by atoms with Gasteiger partial charge in [-0.25, -0.2) is 0 Å². The third-order valence-corrected chi connectivity index (χ3v) is 2.35. The number of aliphatic carboxylic acids is 1. The van der Waals surface area contributed by atoms with Gasteiger partial charge in [-0.05, 0) is 24.1 Å². The molecule has 1 unspecified atom stereocenters. The lowest BCUT2D eigenvalue weighted by Gasteiger charge is -2.05. The normalized spacial score (nSPS) is 12.5. The minimum Gasteiger partial charge on any atom is -0.481 e. The molecular weight excluding hydrogens is 232 g/mol. The summed E-state index contributed by atoms with van der Waals surface area (Å²) in [6.07, 6.45) is 0.578. The van der Waals surface area contributed by atoms with Crippen LogP contribution < -0.4 is 0 Å². The first-order valence-corrected chi connectivity index (χ1v) is 4.86. The van der Waals surface area contributed by atoms with Crippen LogP contribution in [0.1, 0.15) is 12.5 Å². The summed E-state index contributed by atoms with van der Waals surface area (Å²) in [5.41, 5.74) is 1.05. The topological polar surface area (TPSA) is 37.3 Å². The molecule has 0 aliphatic rings. The van der Waals surface area contributed by atoms with Gasteiger partial charge < -0.3 is 5.11 Å². The molecule has 1 atom stereocenters. The molecule has 0 radical (unpaired) electrons. The van der Waals surface area contributed by atoms with E-state index >= 15 is 0 Å². The quantitative estimate of drug-likeness (QED) is 0.886. The van der Waals surface area contributed by atoms with Crippen LogP contribution in [0.4, 0.5) is 0 Å².